The van der Waals surface area contributed by atoms with Crippen molar-refractivity contribution in [1.29, 1.82) is 0 Å². The first-order valence-electron chi connectivity index (χ1n) is 7.19. The maximum Gasteiger partial charge on any atom is 0.265 e. The molecule has 1 aliphatic rings. The minimum absolute atomic E-state index is 0.106. The zero-order chi connectivity index (χ0) is 15.6. The van der Waals surface area contributed by atoms with E-state index in [-0.39, 0.29) is 5.91 Å². The van der Waals surface area contributed by atoms with Crippen LogP contribution in [0.15, 0.2) is 59.7 Å². The zero-order valence-electron chi connectivity index (χ0n) is 12.1. The number of anilines is 1. The van der Waals surface area contributed by atoms with E-state index in [0.29, 0.717) is 4.88 Å². The molecule has 1 aliphatic heterocycles. The van der Waals surface area contributed by atoms with Crippen LogP contribution in [0.5, 0.6) is 0 Å². The predicted molar refractivity (Wildman–Crippen MR) is 95.5 cm³/mol. The summed E-state index contributed by atoms with van der Waals surface area (Å²) in [5.41, 5.74) is 3.82. The van der Waals surface area contributed by atoms with Crippen molar-refractivity contribution in [3.8, 4) is 0 Å². The number of para-hydroxylation sites is 1. The third-order valence-electron chi connectivity index (χ3n) is 3.53. The van der Waals surface area contributed by atoms with Gasteiger partial charge in [-0.3, -0.25) is 4.79 Å². The Balaban J connectivity index is 1.60. The fraction of sp³-hybridized carbons (Fsp3) is 0. The van der Waals surface area contributed by atoms with Gasteiger partial charge in [0, 0.05) is 34.9 Å². The number of hydrogen-bond donors (Lipinski definition) is 2. The molecular formula is C18H13N3OS. The average molecular weight is 319 g/mol. The molecule has 0 fully saturated rings. The molecule has 4 nitrogen and oxygen atoms in total. The molecule has 3 aromatic rings. The van der Waals surface area contributed by atoms with Crippen LogP contribution in [-0.2, 0) is 0 Å². The smallest absolute Gasteiger partial charge is 0.265 e. The Morgan fingerprint density at radius 2 is 2.04 bits per heavy atom. The standard InChI is InChI=1S/C18H13N3OS/c22-17(21-13-5-2-1-3-6-13)16-10-15-12(11-20-18(15)23-16)9-14-7-4-8-19-14/h1-11,19H,(H,21,22). The molecule has 0 saturated heterocycles. The Morgan fingerprint density at radius 1 is 1.17 bits per heavy atom. The van der Waals surface area contributed by atoms with Crippen molar-refractivity contribution in [2.75, 3.05) is 5.32 Å². The Bertz CT molecular complexity index is 905. The lowest BCUT2D eigenvalue weighted by Crippen LogP contribution is -2.09. The summed E-state index contributed by atoms with van der Waals surface area (Å²) >= 11 is 1.40. The van der Waals surface area contributed by atoms with Crippen LogP contribution in [-0.4, -0.2) is 17.1 Å². The van der Waals surface area contributed by atoms with Crippen LogP contribution in [0.1, 0.15) is 20.9 Å². The molecule has 23 heavy (non-hydrogen) atoms. The second-order valence-corrected chi connectivity index (χ2v) is 6.16. The number of aromatic amines is 1. The number of H-pyrrole nitrogens is 1. The highest BCUT2D eigenvalue weighted by Gasteiger charge is 2.20. The van der Waals surface area contributed by atoms with Gasteiger partial charge < -0.3 is 10.3 Å². The van der Waals surface area contributed by atoms with Crippen LogP contribution in [0, 0.1) is 0 Å². The first-order chi connectivity index (χ1) is 11.3. The third-order valence-corrected chi connectivity index (χ3v) is 4.57. The summed E-state index contributed by atoms with van der Waals surface area (Å²) in [4.78, 5) is 20.6. The summed E-state index contributed by atoms with van der Waals surface area (Å²) in [5, 5.41) is 3.78. The van der Waals surface area contributed by atoms with Crippen molar-refractivity contribution in [2.45, 2.75) is 0 Å². The van der Waals surface area contributed by atoms with Gasteiger partial charge in [0.05, 0.1) is 4.88 Å². The van der Waals surface area contributed by atoms with Gasteiger partial charge in [0.25, 0.3) is 5.91 Å². The lowest BCUT2D eigenvalue weighted by Gasteiger charge is -2.02. The van der Waals surface area contributed by atoms with Crippen molar-refractivity contribution in [3.63, 3.8) is 0 Å². The minimum Gasteiger partial charge on any atom is -0.362 e. The molecule has 0 spiro atoms. The van der Waals surface area contributed by atoms with E-state index in [1.165, 1.54) is 11.3 Å². The van der Waals surface area contributed by atoms with Gasteiger partial charge in [0.1, 0.15) is 5.00 Å². The number of thiophene rings is 1. The molecule has 1 amide bonds. The fourth-order valence-corrected chi connectivity index (χ4v) is 3.35. The molecular weight excluding hydrogens is 306 g/mol. The van der Waals surface area contributed by atoms with Gasteiger partial charge in [-0.2, -0.15) is 0 Å². The fourth-order valence-electron chi connectivity index (χ4n) is 2.42. The van der Waals surface area contributed by atoms with E-state index < -0.39 is 0 Å². The monoisotopic (exact) mass is 319 g/mol. The van der Waals surface area contributed by atoms with Crippen LogP contribution in [0.2, 0.25) is 0 Å². The van der Waals surface area contributed by atoms with Crippen molar-refractivity contribution in [2.24, 2.45) is 4.99 Å². The quantitative estimate of drug-likeness (QED) is 0.729. The van der Waals surface area contributed by atoms with Crippen LogP contribution >= 0.6 is 11.3 Å². The van der Waals surface area contributed by atoms with E-state index >= 15 is 0 Å². The van der Waals surface area contributed by atoms with Crippen LogP contribution in [0.3, 0.4) is 0 Å². The van der Waals surface area contributed by atoms with Crippen molar-refractivity contribution in [3.05, 3.63) is 70.9 Å². The highest BCUT2D eigenvalue weighted by atomic mass is 32.1. The number of fused-ring (bicyclic) bond motifs is 1. The molecule has 0 radical (unpaired) electrons. The van der Waals surface area contributed by atoms with Gasteiger partial charge in [0.15, 0.2) is 0 Å². The maximum atomic E-state index is 12.4. The number of rotatable bonds is 3. The largest absolute Gasteiger partial charge is 0.362 e. The summed E-state index contributed by atoms with van der Waals surface area (Å²) in [6.07, 6.45) is 5.74. The summed E-state index contributed by atoms with van der Waals surface area (Å²) in [5.74, 6) is -0.106. The van der Waals surface area contributed by atoms with E-state index in [2.05, 4.69) is 15.3 Å². The highest BCUT2D eigenvalue weighted by Crippen LogP contribution is 2.40. The van der Waals surface area contributed by atoms with Gasteiger partial charge in [-0.25, -0.2) is 4.99 Å². The first kappa shape index (κ1) is 13.7. The number of aromatic nitrogens is 1. The van der Waals surface area contributed by atoms with E-state index in [1.54, 1.807) is 0 Å². The maximum absolute atomic E-state index is 12.4. The van der Waals surface area contributed by atoms with Gasteiger partial charge in [-0.1, -0.05) is 18.2 Å². The summed E-state index contributed by atoms with van der Waals surface area (Å²) in [7, 11) is 0. The molecule has 0 unspecified atom stereocenters. The number of amides is 1. The molecule has 5 heteroatoms. The SMILES string of the molecule is O=C(Nc1ccccc1)c1cc2c(s1)N=CC2=Cc1ccc[nH]1. The van der Waals surface area contributed by atoms with Gasteiger partial charge in [0.2, 0.25) is 0 Å². The van der Waals surface area contributed by atoms with E-state index in [4.69, 9.17) is 0 Å². The molecule has 1 aromatic carbocycles. The summed E-state index contributed by atoms with van der Waals surface area (Å²) in [6.45, 7) is 0. The zero-order valence-corrected chi connectivity index (χ0v) is 12.9. The summed E-state index contributed by atoms with van der Waals surface area (Å²) < 4.78 is 0. The Morgan fingerprint density at radius 3 is 2.83 bits per heavy atom. The van der Waals surface area contributed by atoms with Crippen molar-refractivity contribution < 1.29 is 4.79 Å². The predicted octanol–water partition coefficient (Wildman–Crippen LogP) is 4.59. The van der Waals surface area contributed by atoms with Crippen LogP contribution in [0.25, 0.3) is 11.6 Å². The van der Waals surface area contributed by atoms with Crippen LogP contribution < -0.4 is 5.32 Å². The lowest BCUT2D eigenvalue weighted by molar-refractivity contribution is 0.103. The van der Waals surface area contributed by atoms with E-state index in [0.717, 1.165) is 27.5 Å². The number of nitrogens with zero attached hydrogens (tertiary/aromatic N) is 1. The molecule has 3 heterocycles. The molecule has 0 bridgehead atoms. The molecule has 0 aliphatic carbocycles. The topological polar surface area (TPSA) is 57.2 Å². The number of aliphatic imine (C=N–C) groups is 1. The first-order valence-corrected chi connectivity index (χ1v) is 8.01. The second kappa shape index (κ2) is 5.70. The van der Waals surface area contributed by atoms with E-state index in [9.17, 15) is 4.79 Å². The number of allylic oxidation sites excluding steroid dienone is 1. The Hall–Kier alpha value is -2.92. The van der Waals surface area contributed by atoms with E-state index in [1.807, 2.05) is 67.0 Å². The molecule has 112 valence electrons. The number of nitrogens with one attached hydrogen (secondary N) is 2. The molecule has 0 saturated carbocycles. The average Bonchev–Trinajstić information content (AvgIpc) is 3.27. The van der Waals surface area contributed by atoms with Gasteiger partial charge >= 0.3 is 0 Å². The number of carbonyl (C=O) groups excluding carboxylic acids is 1. The van der Waals surface area contributed by atoms with Crippen molar-refractivity contribution >= 4 is 45.8 Å². The number of carbonyl (C=O) groups is 1. The van der Waals surface area contributed by atoms with Crippen molar-refractivity contribution in [1.82, 2.24) is 4.98 Å². The lowest BCUT2D eigenvalue weighted by atomic mass is 10.1. The highest BCUT2D eigenvalue weighted by molar-refractivity contribution is 7.18. The van der Waals surface area contributed by atoms with Crippen LogP contribution in [0.4, 0.5) is 10.7 Å². The number of hydrogen-bond acceptors (Lipinski definition) is 3. The Kier molecular flexibility index (Phi) is 3.40. The van der Waals surface area contributed by atoms with Gasteiger partial charge in [-0.15, -0.1) is 11.3 Å². The second-order valence-electron chi connectivity index (χ2n) is 5.13. The number of benzene rings is 1. The molecule has 2 N–H and O–H groups in total. The third kappa shape index (κ3) is 2.74. The molecule has 4 rings (SSSR count). The minimum atomic E-state index is -0.106. The summed E-state index contributed by atoms with van der Waals surface area (Å²) in [6, 6.07) is 15.3. The molecule has 0 atom stereocenters. The van der Waals surface area contributed by atoms with Gasteiger partial charge in [-0.05, 0) is 36.4 Å². The Labute approximate surface area is 137 Å². The molecule has 2 aromatic heterocycles. The normalized spacial score (nSPS) is 14.2.